The summed E-state index contributed by atoms with van der Waals surface area (Å²) in [6.07, 6.45) is 7.97. The Morgan fingerprint density at radius 3 is 2.69 bits per heavy atom. The highest BCUT2D eigenvalue weighted by Gasteiger charge is 2.37. The second-order valence-electron chi connectivity index (χ2n) is 5.76. The van der Waals surface area contributed by atoms with Gasteiger partial charge in [0.1, 0.15) is 0 Å². The minimum Gasteiger partial charge on any atom is -0.330 e. The van der Waals surface area contributed by atoms with Gasteiger partial charge in [-0.25, -0.2) is 0 Å². The molecule has 0 aromatic rings. The average Bonchev–Trinajstić information content (AvgIpc) is 2.24. The summed E-state index contributed by atoms with van der Waals surface area (Å²) < 4.78 is 0. The predicted octanol–water partition coefficient (Wildman–Crippen LogP) is 3.02. The number of hydrogen-bond donors (Lipinski definition) is 1. The van der Waals surface area contributed by atoms with Crippen molar-refractivity contribution in [2.45, 2.75) is 64.8 Å². The highest BCUT2D eigenvalue weighted by molar-refractivity contribution is 4.92. The van der Waals surface area contributed by atoms with Crippen LogP contribution in [0.3, 0.4) is 0 Å². The van der Waals surface area contributed by atoms with Gasteiger partial charge in [0.15, 0.2) is 0 Å². The first-order valence-corrected chi connectivity index (χ1v) is 7.08. The molecule has 1 aliphatic heterocycles. The number of hydrogen-bond acceptors (Lipinski definition) is 2. The van der Waals surface area contributed by atoms with E-state index in [0.717, 1.165) is 12.5 Å². The molecule has 1 rings (SSSR count). The molecule has 0 aliphatic carbocycles. The second kappa shape index (κ2) is 6.61. The predicted molar refractivity (Wildman–Crippen MR) is 71.6 cm³/mol. The molecule has 1 heterocycles. The minimum absolute atomic E-state index is 0.366. The van der Waals surface area contributed by atoms with Gasteiger partial charge in [0.05, 0.1) is 0 Å². The third kappa shape index (κ3) is 3.46. The lowest BCUT2D eigenvalue weighted by molar-refractivity contribution is 0.0179. The number of piperidine rings is 1. The van der Waals surface area contributed by atoms with Crippen molar-refractivity contribution < 1.29 is 0 Å². The molecular weight excluding hydrogens is 196 g/mol. The van der Waals surface area contributed by atoms with Crippen LogP contribution in [0.2, 0.25) is 0 Å². The van der Waals surface area contributed by atoms with Crippen LogP contribution in [0.1, 0.15) is 59.3 Å². The highest BCUT2D eigenvalue weighted by atomic mass is 15.2. The zero-order valence-electron chi connectivity index (χ0n) is 11.5. The molecule has 1 fully saturated rings. The van der Waals surface area contributed by atoms with Crippen molar-refractivity contribution in [2.75, 3.05) is 19.6 Å². The first kappa shape index (κ1) is 14.0. The van der Waals surface area contributed by atoms with E-state index in [0.29, 0.717) is 5.54 Å². The average molecular weight is 226 g/mol. The summed E-state index contributed by atoms with van der Waals surface area (Å²) in [6, 6.07) is 0. The highest BCUT2D eigenvalue weighted by Crippen LogP contribution is 2.35. The van der Waals surface area contributed by atoms with Crippen molar-refractivity contribution in [1.29, 1.82) is 0 Å². The molecule has 1 atom stereocenters. The molecule has 0 amide bonds. The van der Waals surface area contributed by atoms with Crippen LogP contribution in [0.4, 0.5) is 0 Å². The molecule has 1 aliphatic rings. The Morgan fingerprint density at radius 2 is 2.06 bits per heavy atom. The van der Waals surface area contributed by atoms with E-state index in [1.54, 1.807) is 0 Å². The van der Waals surface area contributed by atoms with E-state index in [-0.39, 0.29) is 0 Å². The molecule has 0 bridgehead atoms. The molecule has 0 aromatic carbocycles. The Labute approximate surface area is 102 Å². The van der Waals surface area contributed by atoms with Crippen molar-refractivity contribution in [3.05, 3.63) is 0 Å². The van der Waals surface area contributed by atoms with E-state index in [9.17, 15) is 0 Å². The van der Waals surface area contributed by atoms with E-state index in [1.807, 2.05) is 0 Å². The molecule has 96 valence electrons. The zero-order chi connectivity index (χ0) is 12.0. The summed E-state index contributed by atoms with van der Waals surface area (Å²) in [5.74, 6) is 0.799. The van der Waals surface area contributed by atoms with Gasteiger partial charge < -0.3 is 5.73 Å². The van der Waals surface area contributed by atoms with E-state index >= 15 is 0 Å². The molecule has 0 saturated carbocycles. The lowest BCUT2D eigenvalue weighted by Crippen LogP contribution is -2.53. The summed E-state index contributed by atoms with van der Waals surface area (Å²) in [6.45, 7) is 10.5. The van der Waals surface area contributed by atoms with Crippen LogP contribution >= 0.6 is 0 Å². The quantitative estimate of drug-likeness (QED) is 0.705. The maximum atomic E-state index is 5.73. The van der Waals surface area contributed by atoms with E-state index in [1.165, 1.54) is 51.6 Å². The Bertz CT molecular complexity index is 187. The Morgan fingerprint density at radius 1 is 1.31 bits per heavy atom. The van der Waals surface area contributed by atoms with Crippen molar-refractivity contribution in [1.82, 2.24) is 4.90 Å². The molecule has 0 radical (unpaired) electrons. The summed E-state index contributed by atoms with van der Waals surface area (Å²) in [5.41, 5.74) is 6.10. The molecule has 16 heavy (non-hydrogen) atoms. The van der Waals surface area contributed by atoms with E-state index in [2.05, 4.69) is 25.7 Å². The van der Waals surface area contributed by atoms with Crippen LogP contribution in [0.25, 0.3) is 0 Å². The lowest BCUT2D eigenvalue weighted by atomic mass is 9.77. The lowest BCUT2D eigenvalue weighted by Gasteiger charge is -2.48. The molecule has 0 spiro atoms. The normalized spacial score (nSPS) is 25.9. The van der Waals surface area contributed by atoms with Crippen LogP contribution in [0.15, 0.2) is 0 Å². The first-order chi connectivity index (χ1) is 7.62. The van der Waals surface area contributed by atoms with Gasteiger partial charge in [-0.3, -0.25) is 4.90 Å². The Kier molecular flexibility index (Phi) is 5.77. The van der Waals surface area contributed by atoms with Gasteiger partial charge in [-0.1, -0.05) is 19.8 Å². The van der Waals surface area contributed by atoms with Crippen molar-refractivity contribution in [2.24, 2.45) is 11.7 Å². The summed E-state index contributed by atoms with van der Waals surface area (Å²) in [7, 11) is 0. The molecule has 0 aromatic heterocycles. The van der Waals surface area contributed by atoms with Crippen LogP contribution in [-0.4, -0.2) is 30.1 Å². The number of unbranched alkanes of at least 4 members (excludes halogenated alkanes) is 2. The topological polar surface area (TPSA) is 29.3 Å². The van der Waals surface area contributed by atoms with Crippen molar-refractivity contribution in [3.8, 4) is 0 Å². The van der Waals surface area contributed by atoms with Crippen LogP contribution in [-0.2, 0) is 0 Å². The van der Waals surface area contributed by atoms with Gasteiger partial charge in [0.25, 0.3) is 0 Å². The number of rotatable bonds is 6. The fourth-order valence-electron chi connectivity index (χ4n) is 3.08. The summed E-state index contributed by atoms with van der Waals surface area (Å²) in [5, 5.41) is 0. The van der Waals surface area contributed by atoms with E-state index in [4.69, 9.17) is 5.73 Å². The minimum atomic E-state index is 0.366. The van der Waals surface area contributed by atoms with Gasteiger partial charge in [0.2, 0.25) is 0 Å². The molecule has 1 saturated heterocycles. The monoisotopic (exact) mass is 226 g/mol. The second-order valence-corrected chi connectivity index (χ2v) is 5.76. The largest absolute Gasteiger partial charge is 0.330 e. The maximum Gasteiger partial charge on any atom is 0.0181 e. The van der Waals surface area contributed by atoms with Gasteiger partial charge in [-0.2, -0.15) is 0 Å². The molecule has 2 heteroatoms. The van der Waals surface area contributed by atoms with Gasteiger partial charge in [-0.05, 0) is 65.1 Å². The zero-order valence-corrected chi connectivity index (χ0v) is 11.5. The number of nitrogens with two attached hydrogens (primary N) is 1. The van der Waals surface area contributed by atoms with Crippen LogP contribution < -0.4 is 5.73 Å². The smallest absolute Gasteiger partial charge is 0.0181 e. The van der Waals surface area contributed by atoms with Crippen LogP contribution in [0, 0.1) is 5.92 Å². The Balaban J connectivity index is 2.48. The van der Waals surface area contributed by atoms with Crippen molar-refractivity contribution in [3.63, 3.8) is 0 Å². The fraction of sp³-hybridized carbons (Fsp3) is 1.00. The maximum absolute atomic E-state index is 5.73. The molecule has 2 nitrogen and oxygen atoms in total. The summed E-state index contributed by atoms with van der Waals surface area (Å²) in [4.78, 5) is 2.70. The molecule has 2 N–H and O–H groups in total. The molecular formula is C14H30N2. The van der Waals surface area contributed by atoms with Crippen LogP contribution in [0.5, 0.6) is 0 Å². The summed E-state index contributed by atoms with van der Waals surface area (Å²) >= 11 is 0. The number of likely N-dealkylation sites (tertiary alicyclic amines) is 1. The Hall–Kier alpha value is -0.0800. The SMILES string of the molecule is CCCCCN1CCCC(CCN)C1(C)C. The molecule has 1 unspecified atom stereocenters. The first-order valence-electron chi connectivity index (χ1n) is 7.08. The third-order valence-electron chi connectivity index (χ3n) is 4.34. The number of nitrogens with zero attached hydrogens (tertiary/aromatic N) is 1. The standard InChI is InChI=1S/C14H30N2/c1-4-5-6-11-16-12-7-8-13(9-10-15)14(16,2)3/h13H,4-12,15H2,1-3H3. The third-order valence-corrected chi connectivity index (χ3v) is 4.34. The van der Waals surface area contributed by atoms with Gasteiger partial charge in [0, 0.05) is 5.54 Å². The van der Waals surface area contributed by atoms with E-state index < -0.39 is 0 Å². The van der Waals surface area contributed by atoms with Gasteiger partial charge in [-0.15, -0.1) is 0 Å². The van der Waals surface area contributed by atoms with Crippen molar-refractivity contribution >= 4 is 0 Å². The fourth-order valence-corrected chi connectivity index (χ4v) is 3.08. The van der Waals surface area contributed by atoms with Gasteiger partial charge >= 0.3 is 0 Å².